The first-order valence-corrected chi connectivity index (χ1v) is 7.80. The largest absolute Gasteiger partial charge is 0.452 e. The monoisotopic (exact) mass is 354 g/mol. The zero-order valence-electron chi connectivity index (χ0n) is 14.7. The van der Waals surface area contributed by atoms with Gasteiger partial charge in [-0.15, -0.1) is 0 Å². The van der Waals surface area contributed by atoms with E-state index < -0.39 is 35.5 Å². The Hall–Kier alpha value is -2.64. The predicted octanol–water partition coefficient (Wildman–Crippen LogP) is 2.61. The van der Waals surface area contributed by atoms with Crippen molar-refractivity contribution < 1.29 is 28.2 Å². The van der Waals surface area contributed by atoms with E-state index in [-0.39, 0.29) is 18.7 Å². The molecule has 0 saturated heterocycles. The van der Waals surface area contributed by atoms with E-state index in [0.717, 1.165) is 0 Å². The Morgan fingerprint density at radius 1 is 1.20 bits per heavy atom. The summed E-state index contributed by atoms with van der Waals surface area (Å²) in [5.74, 6) is -1.92. The molecular formula is C17H23FN2O5. The van der Waals surface area contributed by atoms with Gasteiger partial charge in [-0.05, 0) is 39.8 Å². The van der Waals surface area contributed by atoms with Crippen molar-refractivity contribution in [1.82, 2.24) is 5.32 Å². The molecule has 0 fully saturated rings. The second-order valence-corrected chi connectivity index (χ2v) is 6.28. The van der Waals surface area contributed by atoms with Crippen LogP contribution in [0.5, 0.6) is 0 Å². The third-order valence-corrected chi connectivity index (χ3v) is 2.81. The number of benzene rings is 1. The van der Waals surface area contributed by atoms with Gasteiger partial charge in [0.25, 0.3) is 5.91 Å². The maximum atomic E-state index is 13.5. The number of ether oxygens (including phenoxy) is 2. The Bertz CT molecular complexity index is 628. The number of alkyl carbamates (subject to hydrolysis) is 1. The molecular weight excluding hydrogens is 331 g/mol. The summed E-state index contributed by atoms with van der Waals surface area (Å²) < 4.78 is 23.4. The second-order valence-electron chi connectivity index (χ2n) is 6.28. The number of hydrogen-bond donors (Lipinski definition) is 2. The van der Waals surface area contributed by atoms with Crippen LogP contribution in [0.2, 0.25) is 0 Å². The summed E-state index contributed by atoms with van der Waals surface area (Å²) in [6.45, 7) is 6.54. The van der Waals surface area contributed by atoms with Gasteiger partial charge in [0.1, 0.15) is 11.4 Å². The number of amides is 2. The number of carbonyl (C=O) groups is 3. The van der Waals surface area contributed by atoms with Crippen molar-refractivity contribution in [3.63, 3.8) is 0 Å². The van der Waals surface area contributed by atoms with Gasteiger partial charge in [0.2, 0.25) is 0 Å². The molecule has 25 heavy (non-hydrogen) atoms. The van der Waals surface area contributed by atoms with Crippen LogP contribution in [0.3, 0.4) is 0 Å². The van der Waals surface area contributed by atoms with Gasteiger partial charge in [-0.2, -0.15) is 0 Å². The normalized spacial score (nSPS) is 12.0. The molecule has 2 amide bonds. The Morgan fingerprint density at radius 3 is 2.44 bits per heavy atom. The number of carbonyl (C=O) groups excluding carboxylic acids is 3. The lowest BCUT2D eigenvalue weighted by Crippen LogP contribution is -2.35. The molecule has 7 nitrogen and oxygen atoms in total. The molecule has 1 aromatic rings. The van der Waals surface area contributed by atoms with Gasteiger partial charge >= 0.3 is 12.1 Å². The summed E-state index contributed by atoms with van der Waals surface area (Å²) in [5.41, 5.74) is -0.633. The Labute approximate surface area is 145 Å². The van der Waals surface area contributed by atoms with Crippen LogP contribution in [0.1, 0.15) is 34.1 Å². The van der Waals surface area contributed by atoms with Crippen LogP contribution in [0.25, 0.3) is 0 Å². The zero-order chi connectivity index (χ0) is 19.0. The summed E-state index contributed by atoms with van der Waals surface area (Å²) >= 11 is 0. The van der Waals surface area contributed by atoms with Crippen LogP contribution in [-0.4, -0.2) is 36.2 Å². The van der Waals surface area contributed by atoms with Crippen molar-refractivity contribution in [2.24, 2.45) is 0 Å². The first-order valence-electron chi connectivity index (χ1n) is 7.80. The molecule has 8 heteroatoms. The highest BCUT2D eigenvalue weighted by Gasteiger charge is 2.20. The van der Waals surface area contributed by atoms with Gasteiger partial charge in [0.15, 0.2) is 6.10 Å². The lowest BCUT2D eigenvalue weighted by atomic mass is 10.2. The number of anilines is 1. The van der Waals surface area contributed by atoms with E-state index in [0.29, 0.717) is 0 Å². The first-order chi connectivity index (χ1) is 11.6. The van der Waals surface area contributed by atoms with E-state index in [1.165, 1.54) is 25.1 Å². The minimum atomic E-state index is -1.10. The van der Waals surface area contributed by atoms with Crippen LogP contribution >= 0.6 is 0 Å². The SMILES string of the molecule is C[C@H](OC(=O)CCNC(=O)OC(C)(C)C)C(=O)Nc1ccccc1F. The molecule has 0 aliphatic carbocycles. The second kappa shape index (κ2) is 9.00. The van der Waals surface area contributed by atoms with E-state index >= 15 is 0 Å². The average Bonchev–Trinajstić information content (AvgIpc) is 2.47. The quantitative estimate of drug-likeness (QED) is 0.766. The zero-order valence-corrected chi connectivity index (χ0v) is 14.7. The van der Waals surface area contributed by atoms with E-state index in [2.05, 4.69) is 10.6 Å². The summed E-state index contributed by atoms with van der Waals surface area (Å²) in [5, 5.41) is 4.74. The number of rotatable bonds is 6. The molecule has 2 N–H and O–H groups in total. The fourth-order valence-corrected chi connectivity index (χ4v) is 1.69. The molecule has 0 radical (unpaired) electrons. The predicted molar refractivity (Wildman–Crippen MR) is 89.4 cm³/mol. The number of esters is 1. The van der Waals surface area contributed by atoms with Crippen molar-refractivity contribution >= 4 is 23.7 Å². The molecule has 0 saturated carbocycles. The molecule has 0 spiro atoms. The average molecular weight is 354 g/mol. The van der Waals surface area contributed by atoms with E-state index in [4.69, 9.17) is 9.47 Å². The van der Waals surface area contributed by atoms with Gasteiger partial charge in [-0.3, -0.25) is 9.59 Å². The molecule has 0 heterocycles. The summed E-state index contributed by atoms with van der Waals surface area (Å²) in [7, 11) is 0. The molecule has 0 aliphatic rings. The molecule has 0 bridgehead atoms. The van der Waals surface area contributed by atoms with E-state index in [1.54, 1.807) is 26.8 Å². The van der Waals surface area contributed by atoms with Gasteiger partial charge in [-0.25, -0.2) is 9.18 Å². The van der Waals surface area contributed by atoms with Gasteiger partial charge in [0.05, 0.1) is 12.1 Å². The number of hydrogen-bond acceptors (Lipinski definition) is 5. The van der Waals surface area contributed by atoms with Gasteiger partial charge < -0.3 is 20.1 Å². The first kappa shape index (κ1) is 20.4. The Morgan fingerprint density at radius 2 is 1.84 bits per heavy atom. The topological polar surface area (TPSA) is 93.7 Å². The number of para-hydroxylation sites is 1. The third kappa shape index (κ3) is 8.14. The molecule has 1 atom stereocenters. The van der Waals surface area contributed by atoms with Crippen molar-refractivity contribution in [1.29, 1.82) is 0 Å². The van der Waals surface area contributed by atoms with Crippen molar-refractivity contribution in [2.45, 2.75) is 45.8 Å². The molecule has 0 unspecified atom stereocenters. The number of nitrogens with one attached hydrogen (secondary N) is 2. The minimum absolute atomic E-state index is 0.00184. The third-order valence-electron chi connectivity index (χ3n) is 2.81. The highest BCUT2D eigenvalue weighted by atomic mass is 19.1. The maximum absolute atomic E-state index is 13.5. The fourth-order valence-electron chi connectivity index (χ4n) is 1.69. The van der Waals surface area contributed by atoms with E-state index in [9.17, 15) is 18.8 Å². The molecule has 1 rings (SSSR count). The van der Waals surface area contributed by atoms with Crippen molar-refractivity contribution in [2.75, 3.05) is 11.9 Å². The van der Waals surface area contributed by atoms with Gasteiger partial charge in [-0.1, -0.05) is 12.1 Å². The van der Waals surface area contributed by atoms with Crippen LogP contribution in [0.4, 0.5) is 14.9 Å². The van der Waals surface area contributed by atoms with Crippen LogP contribution in [-0.2, 0) is 19.1 Å². The molecule has 0 aromatic heterocycles. The summed E-state index contributed by atoms with van der Waals surface area (Å²) in [6, 6.07) is 5.66. The smallest absolute Gasteiger partial charge is 0.407 e. The molecule has 1 aromatic carbocycles. The van der Waals surface area contributed by atoms with Crippen LogP contribution in [0.15, 0.2) is 24.3 Å². The minimum Gasteiger partial charge on any atom is -0.452 e. The standard InChI is InChI=1S/C17H23FN2O5/c1-11(15(22)20-13-8-6-5-7-12(13)18)24-14(21)9-10-19-16(23)25-17(2,3)4/h5-8,11H,9-10H2,1-4H3,(H,19,23)(H,20,22)/t11-/m0/s1. The molecule has 138 valence electrons. The molecule has 0 aliphatic heterocycles. The highest BCUT2D eigenvalue weighted by Crippen LogP contribution is 2.13. The Kier molecular flexibility index (Phi) is 7.35. The number of halogens is 1. The van der Waals surface area contributed by atoms with Crippen molar-refractivity contribution in [3.05, 3.63) is 30.1 Å². The maximum Gasteiger partial charge on any atom is 0.407 e. The van der Waals surface area contributed by atoms with Gasteiger partial charge in [0, 0.05) is 6.54 Å². The lowest BCUT2D eigenvalue weighted by Gasteiger charge is -2.19. The lowest BCUT2D eigenvalue weighted by molar-refractivity contribution is -0.153. The fraction of sp³-hybridized carbons (Fsp3) is 0.471. The summed E-state index contributed by atoms with van der Waals surface area (Å²) in [4.78, 5) is 35.0. The van der Waals surface area contributed by atoms with E-state index in [1.807, 2.05) is 0 Å². The van der Waals surface area contributed by atoms with Crippen LogP contribution in [0, 0.1) is 5.82 Å². The highest BCUT2D eigenvalue weighted by molar-refractivity contribution is 5.95. The summed E-state index contributed by atoms with van der Waals surface area (Å²) in [6.07, 6.45) is -1.88. The Balaban J connectivity index is 2.35. The van der Waals surface area contributed by atoms with Crippen molar-refractivity contribution in [3.8, 4) is 0 Å². The van der Waals surface area contributed by atoms with Crippen LogP contribution < -0.4 is 10.6 Å².